The molecule has 0 amide bonds. The molecule has 3 rings (SSSR count). The van der Waals surface area contributed by atoms with E-state index < -0.39 is 0 Å². The van der Waals surface area contributed by atoms with Gasteiger partial charge in [-0.25, -0.2) is 4.98 Å². The number of likely N-dealkylation sites (tertiary alicyclic amines) is 1. The van der Waals surface area contributed by atoms with Gasteiger partial charge >= 0.3 is 0 Å². The van der Waals surface area contributed by atoms with Gasteiger partial charge in [-0.15, -0.1) is 11.3 Å². The molecule has 5 nitrogen and oxygen atoms in total. The number of hydrogen-bond acceptors (Lipinski definition) is 4. The molecule has 0 spiro atoms. The van der Waals surface area contributed by atoms with Crippen molar-refractivity contribution in [1.82, 2.24) is 20.5 Å². The van der Waals surface area contributed by atoms with Gasteiger partial charge in [0.05, 0.1) is 23.8 Å². The lowest BCUT2D eigenvalue weighted by Crippen LogP contribution is -2.42. The van der Waals surface area contributed by atoms with E-state index in [9.17, 15) is 0 Å². The predicted octanol–water partition coefficient (Wildman–Crippen LogP) is 2.95. The fourth-order valence-corrected chi connectivity index (χ4v) is 3.98. The number of aryl methyl sites for hydroxylation is 1. The Morgan fingerprint density at radius 3 is 2.64 bits per heavy atom. The van der Waals surface area contributed by atoms with Crippen LogP contribution in [0.25, 0.3) is 0 Å². The highest BCUT2D eigenvalue weighted by molar-refractivity contribution is 7.09. The second kappa shape index (κ2) is 8.97. The van der Waals surface area contributed by atoms with Crippen molar-refractivity contribution < 1.29 is 0 Å². The molecule has 1 unspecified atom stereocenters. The summed E-state index contributed by atoms with van der Waals surface area (Å²) in [5.74, 6) is 0.841. The van der Waals surface area contributed by atoms with E-state index in [0.29, 0.717) is 6.04 Å². The van der Waals surface area contributed by atoms with E-state index in [4.69, 9.17) is 0 Å². The molecule has 1 aliphatic rings. The lowest BCUT2D eigenvalue weighted by Gasteiger charge is -2.29. The smallest absolute Gasteiger partial charge is 0.191 e. The van der Waals surface area contributed by atoms with E-state index in [-0.39, 0.29) is 0 Å². The molecule has 1 atom stereocenters. The van der Waals surface area contributed by atoms with E-state index in [1.807, 2.05) is 19.5 Å². The molecule has 1 fully saturated rings. The van der Waals surface area contributed by atoms with Crippen LogP contribution in [0.1, 0.15) is 35.0 Å². The van der Waals surface area contributed by atoms with Crippen molar-refractivity contribution in [2.45, 2.75) is 32.4 Å². The number of thiazole rings is 1. The van der Waals surface area contributed by atoms with E-state index in [2.05, 4.69) is 55.8 Å². The number of nitrogens with zero attached hydrogens (tertiary/aromatic N) is 3. The summed E-state index contributed by atoms with van der Waals surface area (Å²) >= 11 is 1.68. The number of guanidine groups is 1. The minimum Gasteiger partial charge on any atom is -0.354 e. The van der Waals surface area contributed by atoms with Gasteiger partial charge < -0.3 is 10.6 Å². The third kappa shape index (κ3) is 4.80. The summed E-state index contributed by atoms with van der Waals surface area (Å²) in [5.41, 5.74) is 4.35. The van der Waals surface area contributed by atoms with Crippen molar-refractivity contribution in [2.24, 2.45) is 4.99 Å². The second-order valence-electron chi connectivity index (χ2n) is 6.34. The summed E-state index contributed by atoms with van der Waals surface area (Å²) in [6, 6.07) is 11.2. The quantitative estimate of drug-likeness (QED) is 0.616. The van der Waals surface area contributed by atoms with Crippen molar-refractivity contribution in [1.29, 1.82) is 0 Å². The molecule has 6 heteroatoms. The minimum absolute atomic E-state index is 0.382. The molecule has 25 heavy (non-hydrogen) atoms. The van der Waals surface area contributed by atoms with Crippen molar-refractivity contribution in [3.05, 3.63) is 52.0 Å². The monoisotopic (exact) mass is 357 g/mol. The molecule has 1 saturated heterocycles. The fraction of sp³-hybridized carbons (Fsp3) is 0.474. The number of aromatic nitrogens is 1. The molecule has 2 N–H and O–H groups in total. The number of nitrogens with one attached hydrogen (secondary N) is 2. The highest BCUT2D eigenvalue weighted by atomic mass is 32.1. The summed E-state index contributed by atoms with van der Waals surface area (Å²) in [6.45, 7) is 6.00. The molecule has 0 bridgehead atoms. The highest BCUT2D eigenvalue weighted by Gasteiger charge is 2.23. The van der Waals surface area contributed by atoms with Gasteiger partial charge in [-0.3, -0.25) is 9.89 Å². The van der Waals surface area contributed by atoms with Gasteiger partial charge in [0.25, 0.3) is 0 Å². The Kier molecular flexibility index (Phi) is 6.42. The molecule has 2 heterocycles. The van der Waals surface area contributed by atoms with E-state index >= 15 is 0 Å². The van der Waals surface area contributed by atoms with Crippen LogP contribution < -0.4 is 10.6 Å². The van der Waals surface area contributed by atoms with Gasteiger partial charge in [0.2, 0.25) is 0 Å². The van der Waals surface area contributed by atoms with Crippen LogP contribution in [0.4, 0.5) is 0 Å². The van der Waals surface area contributed by atoms with Crippen LogP contribution in [-0.4, -0.2) is 42.5 Å². The van der Waals surface area contributed by atoms with Crippen LogP contribution in [0, 0.1) is 6.92 Å². The largest absolute Gasteiger partial charge is 0.354 e. The van der Waals surface area contributed by atoms with Crippen LogP contribution >= 0.6 is 11.3 Å². The third-order valence-corrected chi connectivity index (χ3v) is 5.65. The van der Waals surface area contributed by atoms with Crippen LogP contribution in [0.2, 0.25) is 0 Å². The van der Waals surface area contributed by atoms with Crippen molar-refractivity contribution >= 4 is 17.3 Å². The SMILES string of the molecule is CN=C(NCc1scnc1C)NCC(c1ccccc1)N1CCCC1. The van der Waals surface area contributed by atoms with E-state index in [1.165, 1.54) is 36.4 Å². The molecular formula is C19H27N5S. The molecule has 0 aliphatic carbocycles. The van der Waals surface area contributed by atoms with Gasteiger partial charge in [-0.05, 0) is 38.4 Å². The third-order valence-electron chi connectivity index (χ3n) is 4.71. The molecule has 0 radical (unpaired) electrons. The average molecular weight is 358 g/mol. The lowest BCUT2D eigenvalue weighted by atomic mass is 10.1. The lowest BCUT2D eigenvalue weighted by molar-refractivity contribution is 0.245. The van der Waals surface area contributed by atoms with Crippen molar-refractivity contribution in [2.75, 3.05) is 26.7 Å². The Balaban J connectivity index is 1.60. The summed E-state index contributed by atoms with van der Waals surface area (Å²) in [6.07, 6.45) is 2.59. The van der Waals surface area contributed by atoms with Gasteiger partial charge in [0, 0.05) is 18.5 Å². The van der Waals surface area contributed by atoms with Crippen LogP contribution in [0.15, 0.2) is 40.8 Å². The maximum absolute atomic E-state index is 4.37. The Morgan fingerprint density at radius 1 is 1.24 bits per heavy atom. The maximum Gasteiger partial charge on any atom is 0.191 e. The maximum atomic E-state index is 4.37. The first-order valence-electron chi connectivity index (χ1n) is 8.90. The Morgan fingerprint density at radius 2 is 2.00 bits per heavy atom. The first-order valence-corrected chi connectivity index (χ1v) is 9.78. The molecule has 2 aromatic rings. The number of benzene rings is 1. The normalized spacial score (nSPS) is 16.8. The van der Waals surface area contributed by atoms with Crippen molar-refractivity contribution in [3.8, 4) is 0 Å². The summed E-state index contributed by atoms with van der Waals surface area (Å²) < 4.78 is 0. The van der Waals surface area contributed by atoms with Gasteiger partial charge in [0.15, 0.2) is 5.96 Å². The van der Waals surface area contributed by atoms with E-state index in [1.54, 1.807) is 11.3 Å². The van der Waals surface area contributed by atoms with E-state index in [0.717, 1.165) is 24.7 Å². The zero-order valence-corrected chi connectivity index (χ0v) is 15.9. The zero-order valence-electron chi connectivity index (χ0n) is 15.0. The van der Waals surface area contributed by atoms with Crippen LogP contribution in [-0.2, 0) is 6.54 Å². The minimum atomic E-state index is 0.382. The summed E-state index contributed by atoms with van der Waals surface area (Å²) in [7, 11) is 1.82. The Labute approximate surface area is 154 Å². The molecule has 1 aliphatic heterocycles. The first-order chi connectivity index (χ1) is 12.3. The fourth-order valence-electron chi connectivity index (χ4n) is 3.26. The summed E-state index contributed by atoms with van der Waals surface area (Å²) in [4.78, 5) is 12.5. The topological polar surface area (TPSA) is 52.6 Å². The molecular weight excluding hydrogens is 330 g/mol. The molecule has 134 valence electrons. The Hall–Kier alpha value is -1.92. The summed E-state index contributed by atoms with van der Waals surface area (Å²) in [5, 5.41) is 6.91. The highest BCUT2D eigenvalue weighted by Crippen LogP contribution is 2.24. The molecule has 1 aromatic heterocycles. The standard InChI is InChI=1S/C19H27N5S/c1-15-18(25-14-23-15)13-22-19(20-2)21-12-17(24-10-6-7-11-24)16-8-4-3-5-9-16/h3-5,8-9,14,17H,6-7,10-13H2,1-2H3,(H2,20,21,22). The Bertz CT molecular complexity index is 676. The van der Waals surface area contributed by atoms with Crippen LogP contribution in [0.5, 0.6) is 0 Å². The van der Waals surface area contributed by atoms with Gasteiger partial charge in [0.1, 0.15) is 0 Å². The van der Waals surface area contributed by atoms with Crippen molar-refractivity contribution in [3.63, 3.8) is 0 Å². The second-order valence-corrected chi connectivity index (χ2v) is 7.28. The van der Waals surface area contributed by atoms with Gasteiger partial charge in [-0.1, -0.05) is 30.3 Å². The number of aliphatic imine (C=N–C) groups is 1. The van der Waals surface area contributed by atoms with Gasteiger partial charge in [-0.2, -0.15) is 0 Å². The number of rotatable bonds is 6. The molecule has 0 saturated carbocycles. The number of hydrogen-bond donors (Lipinski definition) is 2. The average Bonchev–Trinajstić information content (AvgIpc) is 3.31. The van der Waals surface area contributed by atoms with Crippen LogP contribution in [0.3, 0.4) is 0 Å². The predicted molar refractivity (Wildman–Crippen MR) is 105 cm³/mol. The molecule has 1 aromatic carbocycles. The first kappa shape index (κ1) is 17.9. The zero-order chi connectivity index (χ0) is 17.5.